The Morgan fingerprint density at radius 3 is 2.04 bits per heavy atom. The fourth-order valence-electron chi connectivity index (χ4n) is 2.73. The van der Waals surface area contributed by atoms with Crippen LogP contribution < -0.4 is 5.32 Å². The van der Waals surface area contributed by atoms with Gasteiger partial charge in [-0.2, -0.15) is 0 Å². The Hall–Kier alpha value is -2.66. The van der Waals surface area contributed by atoms with Crippen molar-refractivity contribution in [1.29, 1.82) is 0 Å². The highest BCUT2D eigenvalue weighted by Gasteiger charge is 2.47. The number of nitrogens with zero attached hydrogens (tertiary/aromatic N) is 2. The van der Waals surface area contributed by atoms with Gasteiger partial charge in [0.25, 0.3) is 11.9 Å². The molecule has 0 saturated carbocycles. The summed E-state index contributed by atoms with van der Waals surface area (Å²) < 4.78 is 5.66. The van der Waals surface area contributed by atoms with Crippen LogP contribution in [0.15, 0.2) is 65.7 Å². The van der Waals surface area contributed by atoms with E-state index in [0.717, 1.165) is 17.7 Å². The number of amidine groups is 1. The van der Waals surface area contributed by atoms with Gasteiger partial charge in [0.1, 0.15) is 6.61 Å². The van der Waals surface area contributed by atoms with Crippen molar-refractivity contribution in [2.24, 2.45) is 4.99 Å². The summed E-state index contributed by atoms with van der Waals surface area (Å²) in [5.41, 5.74) is 0.538. The van der Waals surface area contributed by atoms with Crippen molar-refractivity contribution in [1.82, 2.24) is 10.2 Å². The molecular weight excluding hydrogens is 302 g/mol. The van der Waals surface area contributed by atoms with Crippen molar-refractivity contribution < 1.29 is 9.53 Å². The van der Waals surface area contributed by atoms with Gasteiger partial charge in [0.15, 0.2) is 5.54 Å². The second-order valence-electron chi connectivity index (χ2n) is 5.97. The third-order valence-corrected chi connectivity index (χ3v) is 3.98. The van der Waals surface area contributed by atoms with E-state index in [4.69, 9.17) is 4.74 Å². The molecule has 3 rings (SSSR count). The maximum atomic E-state index is 12.9. The summed E-state index contributed by atoms with van der Waals surface area (Å²) in [6.45, 7) is 1.21. The van der Waals surface area contributed by atoms with E-state index >= 15 is 0 Å². The zero-order valence-corrected chi connectivity index (χ0v) is 13.9. The van der Waals surface area contributed by atoms with Gasteiger partial charge >= 0.3 is 0 Å². The van der Waals surface area contributed by atoms with Crippen LogP contribution in [-0.4, -0.2) is 44.1 Å². The van der Waals surface area contributed by atoms with E-state index in [-0.39, 0.29) is 11.9 Å². The Labute approximate surface area is 142 Å². The van der Waals surface area contributed by atoms with Gasteiger partial charge in [-0.3, -0.25) is 10.1 Å². The third kappa shape index (κ3) is 3.03. The number of amides is 1. The number of carbonyl (C=O) groups excluding carboxylic acids is 1. The lowest BCUT2D eigenvalue weighted by molar-refractivity contribution is -0.122. The summed E-state index contributed by atoms with van der Waals surface area (Å²) in [6, 6.07) is 19.4. The lowest BCUT2D eigenvalue weighted by atomic mass is 9.83. The van der Waals surface area contributed by atoms with Crippen LogP contribution in [0.25, 0.3) is 0 Å². The number of ether oxygens (including phenoxy) is 1. The van der Waals surface area contributed by atoms with Crippen LogP contribution in [0.2, 0.25) is 0 Å². The van der Waals surface area contributed by atoms with Gasteiger partial charge in [-0.05, 0) is 25.2 Å². The van der Waals surface area contributed by atoms with Gasteiger partial charge in [-0.15, -0.1) is 0 Å². The molecule has 0 unspecified atom stereocenters. The van der Waals surface area contributed by atoms with Crippen molar-refractivity contribution in [3.05, 3.63) is 71.8 Å². The Kier molecular flexibility index (Phi) is 4.62. The number of carbonyl (C=O) groups is 1. The number of aliphatic imine (C=N–C) groups is 1. The maximum absolute atomic E-state index is 12.9. The zero-order valence-electron chi connectivity index (χ0n) is 13.9. The SMILES string of the molecule is CN(C)CCOC1=NC(c2ccccc2)(c2ccccc2)C(=O)N1. The van der Waals surface area contributed by atoms with Crippen molar-refractivity contribution in [3.8, 4) is 0 Å². The molecule has 0 aromatic heterocycles. The average Bonchev–Trinajstić information content (AvgIpc) is 2.93. The average molecular weight is 323 g/mol. The normalized spacial score (nSPS) is 16.0. The Balaban J connectivity index is 1.99. The summed E-state index contributed by atoms with van der Waals surface area (Å²) in [4.78, 5) is 19.6. The van der Waals surface area contributed by atoms with Crippen LogP contribution in [-0.2, 0) is 15.1 Å². The van der Waals surface area contributed by atoms with Gasteiger partial charge < -0.3 is 9.64 Å². The molecule has 0 atom stereocenters. The standard InChI is InChI=1S/C19H21N3O2/c1-22(2)13-14-24-18-20-17(23)19(21-18,15-9-5-3-6-10-15)16-11-7-4-8-12-16/h3-12H,13-14H2,1-2H3,(H,20,21,23). The Morgan fingerprint density at radius 1 is 1.00 bits per heavy atom. The van der Waals surface area contributed by atoms with Crippen molar-refractivity contribution in [2.75, 3.05) is 27.2 Å². The fraction of sp³-hybridized carbons (Fsp3) is 0.263. The topological polar surface area (TPSA) is 53.9 Å². The number of hydrogen-bond donors (Lipinski definition) is 1. The number of nitrogens with one attached hydrogen (secondary N) is 1. The second-order valence-corrected chi connectivity index (χ2v) is 5.97. The van der Waals surface area contributed by atoms with Gasteiger partial charge in [0, 0.05) is 6.54 Å². The van der Waals surface area contributed by atoms with E-state index in [1.807, 2.05) is 79.7 Å². The number of likely N-dealkylation sites (N-methyl/N-ethyl adjacent to an activating group) is 1. The molecule has 124 valence electrons. The van der Waals surface area contributed by atoms with E-state index in [9.17, 15) is 4.79 Å². The molecule has 0 saturated heterocycles. The van der Waals surface area contributed by atoms with E-state index in [0.29, 0.717) is 6.61 Å². The Morgan fingerprint density at radius 2 is 1.54 bits per heavy atom. The largest absolute Gasteiger partial charge is 0.464 e. The van der Waals surface area contributed by atoms with Crippen LogP contribution in [0.5, 0.6) is 0 Å². The predicted octanol–water partition coefficient (Wildman–Crippen LogP) is 1.99. The smallest absolute Gasteiger partial charge is 0.293 e. The molecule has 0 fully saturated rings. The first-order chi connectivity index (χ1) is 11.6. The van der Waals surface area contributed by atoms with Gasteiger partial charge in [0.05, 0.1) is 0 Å². The zero-order chi connectivity index (χ0) is 17.0. The first-order valence-corrected chi connectivity index (χ1v) is 7.93. The first kappa shape index (κ1) is 16.2. The van der Waals surface area contributed by atoms with Crippen molar-refractivity contribution >= 4 is 11.9 Å². The summed E-state index contributed by atoms with van der Waals surface area (Å²) in [5.74, 6) is -0.195. The molecule has 1 aliphatic rings. The molecule has 0 radical (unpaired) electrons. The lowest BCUT2D eigenvalue weighted by Gasteiger charge is -2.24. The maximum Gasteiger partial charge on any atom is 0.293 e. The molecule has 2 aromatic rings. The minimum atomic E-state index is -1.10. The molecule has 0 spiro atoms. The first-order valence-electron chi connectivity index (χ1n) is 7.93. The van der Waals surface area contributed by atoms with Crippen LogP contribution in [0, 0.1) is 0 Å². The third-order valence-electron chi connectivity index (χ3n) is 3.98. The second kappa shape index (κ2) is 6.84. The highest BCUT2D eigenvalue weighted by molar-refractivity contribution is 6.07. The van der Waals surface area contributed by atoms with E-state index in [1.165, 1.54) is 0 Å². The van der Waals surface area contributed by atoms with E-state index in [1.54, 1.807) is 0 Å². The number of benzene rings is 2. The molecule has 24 heavy (non-hydrogen) atoms. The molecule has 1 N–H and O–H groups in total. The van der Waals surface area contributed by atoms with Crippen LogP contribution in [0.1, 0.15) is 11.1 Å². The summed E-state index contributed by atoms with van der Waals surface area (Å²) in [6.07, 6.45) is 0. The Bertz CT molecular complexity index is 687. The number of hydrogen-bond acceptors (Lipinski definition) is 4. The summed E-state index contributed by atoms with van der Waals surface area (Å²) in [5, 5.41) is 2.79. The minimum absolute atomic E-state index is 0.195. The highest BCUT2D eigenvalue weighted by Crippen LogP contribution is 2.36. The molecule has 0 bridgehead atoms. The minimum Gasteiger partial charge on any atom is -0.464 e. The van der Waals surface area contributed by atoms with Gasteiger partial charge in [-0.25, -0.2) is 4.99 Å². The number of rotatable bonds is 5. The monoisotopic (exact) mass is 323 g/mol. The highest BCUT2D eigenvalue weighted by atomic mass is 16.5. The van der Waals surface area contributed by atoms with Crippen LogP contribution in [0.4, 0.5) is 0 Å². The molecule has 2 aromatic carbocycles. The van der Waals surface area contributed by atoms with E-state index in [2.05, 4.69) is 10.3 Å². The molecule has 0 aliphatic carbocycles. The molecule has 5 heteroatoms. The lowest BCUT2D eigenvalue weighted by Crippen LogP contribution is -2.39. The summed E-state index contributed by atoms with van der Waals surface area (Å²) >= 11 is 0. The quantitative estimate of drug-likeness (QED) is 0.915. The van der Waals surface area contributed by atoms with Crippen LogP contribution in [0.3, 0.4) is 0 Å². The fourth-order valence-corrected chi connectivity index (χ4v) is 2.73. The molecule has 1 aliphatic heterocycles. The summed E-state index contributed by atoms with van der Waals surface area (Å²) in [7, 11) is 3.94. The van der Waals surface area contributed by atoms with Crippen molar-refractivity contribution in [2.45, 2.75) is 5.54 Å². The van der Waals surface area contributed by atoms with Gasteiger partial charge in [-0.1, -0.05) is 60.7 Å². The molecule has 1 amide bonds. The van der Waals surface area contributed by atoms with E-state index < -0.39 is 5.54 Å². The molecule has 5 nitrogen and oxygen atoms in total. The van der Waals surface area contributed by atoms with Crippen LogP contribution >= 0.6 is 0 Å². The molecule has 1 heterocycles. The predicted molar refractivity (Wildman–Crippen MR) is 93.7 cm³/mol. The van der Waals surface area contributed by atoms with Crippen molar-refractivity contribution in [3.63, 3.8) is 0 Å². The van der Waals surface area contributed by atoms with Gasteiger partial charge in [0.2, 0.25) is 0 Å². The molecular formula is C19H21N3O2.